The Hall–Kier alpha value is -15.6. The van der Waals surface area contributed by atoms with Crippen LogP contribution in [0.5, 0.6) is 23.0 Å². The molecule has 124 heavy (non-hydrogen) atoms. The summed E-state index contributed by atoms with van der Waals surface area (Å²) < 4.78 is 28.9. The Morgan fingerprint density at radius 2 is 0.427 bits per heavy atom. The second-order valence-electron chi connectivity index (χ2n) is 29.9. The van der Waals surface area contributed by atoms with Crippen LogP contribution in [0.25, 0.3) is 177 Å². The number of aromatic nitrogens is 14. The van der Waals surface area contributed by atoms with E-state index in [9.17, 15) is 0 Å². The van der Waals surface area contributed by atoms with Crippen LogP contribution >= 0.6 is 0 Å². The number of para-hydroxylation sites is 6. The molecule has 0 spiro atoms. The van der Waals surface area contributed by atoms with E-state index in [2.05, 4.69) is 308 Å². The van der Waals surface area contributed by atoms with Gasteiger partial charge in [-0.3, -0.25) is 27.9 Å². The number of benzene rings is 14. The molecule has 24 rings (SSSR count). The number of hydrogen-bond donors (Lipinski definition) is 0. The molecule has 0 fully saturated rings. The zero-order valence-electron chi connectivity index (χ0n) is 65.8. The van der Waals surface area contributed by atoms with Crippen LogP contribution in [0.15, 0.2) is 402 Å². The number of rotatable bonds is 16. The van der Waals surface area contributed by atoms with Crippen LogP contribution in [0.2, 0.25) is 0 Å². The summed E-state index contributed by atoms with van der Waals surface area (Å²) in [5.41, 5.74) is 24.5. The largest absolute Gasteiger partial charge is 2.00 e. The number of hydrogen-bond acceptors (Lipinski definition) is 8. The minimum absolute atomic E-state index is 0. The summed E-state index contributed by atoms with van der Waals surface area (Å²) in [6.45, 7) is 0. The maximum absolute atomic E-state index is 6.31. The summed E-state index contributed by atoms with van der Waals surface area (Å²) in [6.07, 6.45) is 19.2. The smallest absolute Gasteiger partial charge is 0.509 e. The van der Waals surface area contributed by atoms with Crippen molar-refractivity contribution in [2.24, 2.45) is 0 Å². The van der Waals surface area contributed by atoms with Gasteiger partial charge in [0.1, 0.15) is 11.3 Å². The molecule has 16 nitrogen and oxygen atoms in total. The molecule has 10 aromatic heterocycles. The van der Waals surface area contributed by atoms with Crippen molar-refractivity contribution in [3.8, 4) is 113 Å². The molecule has 0 aliphatic rings. The second-order valence-corrected chi connectivity index (χ2v) is 29.9. The van der Waals surface area contributed by atoms with Crippen molar-refractivity contribution in [3.63, 3.8) is 0 Å². The van der Waals surface area contributed by atoms with Crippen LogP contribution in [0.4, 0.5) is 0 Å². The van der Waals surface area contributed by atoms with Crippen molar-refractivity contribution in [3.05, 3.63) is 426 Å². The van der Waals surface area contributed by atoms with Crippen LogP contribution in [0.1, 0.15) is 0 Å². The van der Waals surface area contributed by atoms with Gasteiger partial charge < -0.3 is 18.6 Å². The molecule has 0 saturated carbocycles. The molecule has 0 aliphatic carbocycles. The van der Waals surface area contributed by atoms with Gasteiger partial charge in [0.2, 0.25) is 0 Å². The average molecular weight is 1960 g/mol. The topological polar surface area (TPSA) is 135 Å². The Morgan fingerprint density at radius 3 is 0.694 bits per heavy atom. The molecule has 0 unspecified atom stereocenters. The van der Waals surface area contributed by atoms with Crippen molar-refractivity contribution < 1.29 is 51.6 Å². The van der Waals surface area contributed by atoms with Crippen molar-refractivity contribution >= 4 is 87.5 Å². The Kier molecular flexibility index (Phi) is 19.7. The van der Waals surface area contributed by atoms with Crippen molar-refractivity contribution in [2.45, 2.75) is 0 Å². The Balaban J connectivity index is 0.000000150. The molecular weight excluding hydrogens is 1890 g/mol. The summed E-state index contributed by atoms with van der Waals surface area (Å²) in [4.78, 5) is 9.45. The third kappa shape index (κ3) is 13.8. The normalized spacial score (nSPS) is 11.4. The van der Waals surface area contributed by atoms with E-state index in [1.807, 2.05) is 166 Å². The average Bonchev–Trinajstić information content (AvgIpc) is 1.61. The summed E-state index contributed by atoms with van der Waals surface area (Å²) in [7, 11) is 0. The van der Waals surface area contributed by atoms with E-state index in [0.717, 1.165) is 123 Å². The van der Waals surface area contributed by atoms with Gasteiger partial charge in [0, 0.05) is 148 Å². The number of pyridine rings is 2. The maximum Gasteiger partial charge on any atom is 2.00 e. The van der Waals surface area contributed by atoms with E-state index in [-0.39, 0.29) is 42.1 Å². The maximum atomic E-state index is 6.31. The minimum Gasteiger partial charge on any atom is -0.509 e. The molecule has 0 saturated heterocycles. The first kappa shape index (κ1) is 75.8. The first-order valence-electron chi connectivity index (χ1n) is 40.2. The molecule has 592 valence electrons. The molecule has 0 radical (unpaired) electrons. The van der Waals surface area contributed by atoms with E-state index in [1.165, 1.54) is 54.4 Å². The predicted octanol–water partition coefficient (Wildman–Crippen LogP) is 24.7. The van der Waals surface area contributed by atoms with Crippen LogP contribution in [0.3, 0.4) is 0 Å². The van der Waals surface area contributed by atoms with E-state index in [4.69, 9.17) is 29.6 Å². The van der Waals surface area contributed by atoms with Gasteiger partial charge in [-0.2, -0.15) is 44.7 Å². The second kappa shape index (κ2) is 32.2. The molecule has 0 N–H and O–H groups in total. The number of fused-ring (bicyclic) bond motifs is 12. The van der Waals surface area contributed by atoms with E-state index in [0.29, 0.717) is 23.0 Å². The number of nitrogens with zero attached hydrogens (tertiary/aromatic N) is 14. The fourth-order valence-electron chi connectivity index (χ4n) is 16.9. The third-order valence-electron chi connectivity index (χ3n) is 22.6. The fourth-order valence-corrected chi connectivity index (χ4v) is 16.9. The van der Waals surface area contributed by atoms with Crippen molar-refractivity contribution in [2.75, 3.05) is 0 Å². The van der Waals surface area contributed by atoms with Crippen LogP contribution < -0.4 is 9.47 Å². The van der Waals surface area contributed by atoms with Gasteiger partial charge in [-0.1, -0.05) is 158 Å². The van der Waals surface area contributed by atoms with Gasteiger partial charge in [-0.15, -0.1) is 72.8 Å². The number of ether oxygens (including phenoxy) is 2. The molecule has 0 bridgehead atoms. The SMILES string of the molecule is [Pt+2].[Pt+2].[c-]1c(Oc2[c-]c(-n3cc(-c4ccc(-n5c6ccccc6c6ccccc65)cc4)cn3)ccc2)cccc1-n1cc(-c2ccc(-n3c4ccccc4c4ccccc43)cc2)cn1.[c-]1c(Oc2[c-]c(-n3cc(-c4ccc(-n5c6ccccc6c6cccnc65)cc4)cn3)ccc2)cccc1-n1cc(-c2ccc(-n3c4ccccc4c4cccnc43)cc2)cn1. The molecule has 10 heterocycles. The zero-order valence-corrected chi connectivity index (χ0v) is 70.4. The van der Waals surface area contributed by atoms with Gasteiger partial charge in [-0.25, -0.2) is 9.97 Å². The van der Waals surface area contributed by atoms with Crippen LogP contribution in [-0.2, 0) is 42.1 Å². The first-order valence-corrected chi connectivity index (χ1v) is 40.2. The van der Waals surface area contributed by atoms with Gasteiger partial charge in [-0.05, 0) is 154 Å². The molecule has 0 aliphatic heterocycles. The summed E-state index contributed by atoms with van der Waals surface area (Å²) in [5, 5.41) is 28.4. The van der Waals surface area contributed by atoms with Crippen molar-refractivity contribution in [1.82, 2.24) is 67.4 Å². The molecular formula is C106H66N14O2Pt2. The summed E-state index contributed by atoms with van der Waals surface area (Å²) in [6, 6.07) is 130. The summed E-state index contributed by atoms with van der Waals surface area (Å²) >= 11 is 0. The zero-order chi connectivity index (χ0) is 80.6. The van der Waals surface area contributed by atoms with Crippen molar-refractivity contribution in [1.29, 1.82) is 0 Å². The first-order chi connectivity index (χ1) is 60.4. The molecule has 24 aromatic rings. The van der Waals surface area contributed by atoms with E-state index in [1.54, 1.807) is 0 Å². The summed E-state index contributed by atoms with van der Waals surface area (Å²) in [5.74, 6) is 2.21. The molecule has 0 atom stereocenters. The molecule has 0 amide bonds. The van der Waals surface area contributed by atoms with Gasteiger partial charge in [0.25, 0.3) is 0 Å². The Bertz CT molecular complexity index is 6950. The van der Waals surface area contributed by atoms with E-state index >= 15 is 0 Å². The third-order valence-corrected chi connectivity index (χ3v) is 22.6. The fraction of sp³-hybridized carbons (Fsp3) is 0. The van der Waals surface area contributed by atoms with Gasteiger partial charge in [0.15, 0.2) is 0 Å². The monoisotopic (exact) mass is 1960 g/mol. The van der Waals surface area contributed by atoms with Crippen LogP contribution in [-0.4, -0.2) is 67.4 Å². The predicted molar refractivity (Wildman–Crippen MR) is 484 cm³/mol. The molecule has 18 heteroatoms. The Labute approximate surface area is 739 Å². The van der Waals surface area contributed by atoms with Gasteiger partial charge >= 0.3 is 42.1 Å². The molecule has 14 aromatic carbocycles. The van der Waals surface area contributed by atoms with E-state index < -0.39 is 0 Å². The Morgan fingerprint density at radius 1 is 0.202 bits per heavy atom. The van der Waals surface area contributed by atoms with Gasteiger partial charge in [0.05, 0.1) is 57.9 Å². The standard InChI is InChI=1S/C54H34N6O.C52H32N8O.2Pt/c1-5-19-51-47(15-1)48-16-2-6-20-52(48)59(51)41-27-23-37(24-28-41)39-33-55-57(35-39)43-11-9-13-45(31-43)61-46-14-10-12-44(32-46)58-36-40(34-56-58)38-25-29-42(30-26-38)60-53-21-7-3-17-49(53)50-18-4-8-22-54(50)60;1-3-17-49-45(13-1)47-15-7-27-53-51(47)59(49)39-23-19-35(20-24-39)37-31-55-57(33-37)41-9-5-11-43(29-41)61-44-12-6-10-42(30-44)58-34-38(32-56-58)36-21-25-40(26-22-36)60-50-18-4-2-14-46(50)48-16-8-28-54-52(48)60;;/h1-30,33-36H;1-28,31-34H;;/q2*-2;2*+2. The minimum atomic E-state index is 0. The van der Waals surface area contributed by atoms with Crippen LogP contribution in [0, 0.1) is 24.3 Å². The quantitative estimate of drug-likeness (QED) is 0.0873.